The summed E-state index contributed by atoms with van der Waals surface area (Å²) in [5.74, 6) is -0.512. The third-order valence-corrected chi connectivity index (χ3v) is 3.41. The average Bonchev–Trinajstić information content (AvgIpc) is 2.69. The number of ketones is 1. The number of carbonyl (C=O) groups excluding carboxylic acids is 2. The van der Waals surface area contributed by atoms with E-state index in [1.165, 1.54) is 13.2 Å². The van der Waals surface area contributed by atoms with Crippen molar-refractivity contribution < 1.29 is 23.8 Å². The molecule has 3 atom stereocenters. The Morgan fingerprint density at radius 2 is 2.44 bits per heavy atom. The molecule has 2 aliphatic heterocycles. The number of esters is 1. The van der Waals surface area contributed by atoms with Gasteiger partial charge in [-0.2, -0.15) is 0 Å². The first-order valence-electron chi connectivity index (χ1n) is 5.28. The summed E-state index contributed by atoms with van der Waals surface area (Å²) in [7, 11) is 0. The highest BCUT2D eigenvalue weighted by molar-refractivity contribution is 6.00. The number of Topliss-reactive ketones (excluding diaryl/α,β-unsaturated/α-hetero) is 1. The van der Waals surface area contributed by atoms with E-state index < -0.39 is 5.60 Å². The molecule has 1 saturated heterocycles. The summed E-state index contributed by atoms with van der Waals surface area (Å²) in [6, 6.07) is 0. The van der Waals surface area contributed by atoms with E-state index in [2.05, 4.69) is 0 Å². The molecular weight excluding hydrogens is 212 g/mol. The standard InChI is InChI=1S/C11H12O5/c1-6(12)16-11-2-8(13)7-3-14-4-9(10(7)11)15-5-11/h3,9-10H,2,4-5H2,1H3/t9-,10+,11+/m0/s1. The Labute approximate surface area is 92.3 Å². The predicted molar refractivity (Wildman–Crippen MR) is 51.4 cm³/mol. The second kappa shape index (κ2) is 3.07. The number of hydrogen-bond acceptors (Lipinski definition) is 5. The molecule has 86 valence electrons. The second-order valence-electron chi connectivity index (χ2n) is 4.49. The average molecular weight is 224 g/mol. The van der Waals surface area contributed by atoms with Gasteiger partial charge in [0.15, 0.2) is 11.4 Å². The van der Waals surface area contributed by atoms with E-state index in [9.17, 15) is 9.59 Å². The van der Waals surface area contributed by atoms with Crippen LogP contribution in [0.4, 0.5) is 0 Å². The van der Waals surface area contributed by atoms with Crippen molar-refractivity contribution >= 4 is 11.8 Å². The van der Waals surface area contributed by atoms with Crippen molar-refractivity contribution in [1.29, 1.82) is 0 Å². The van der Waals surface area contributed by atoms with Crippen LogP contribution in [-0.2, 0) is 23.8 Å². The lowest BCUT2D eigenvalue weighted by molar-refractivity contribution is -0.158. The maximum absolute atomic E-state index is 11.8. The van der Waals surface area contributed by atoms with Gasteiger partial charge in [0.25, 0.3) is 0 Å². The molecule has 0 aromatic heterocycles. The molecule has 3 rings (SSSR count). The van der Waals surface area contributed by atoms with E-state index in [1.807, 2.05) is 0 Å². The predicted octanol–water partition coefficient (Wildman–Crippen LogP) is 0.190. The number of ether oxygens (including phenoxy) is 3. The van der Waals surface area contributed by atoms with E-state index in [0.29, 0.717) is 12.2 Å². The maximum Gasteiger partial charge on any atom is 0.303 e. The summed E-state index contributed by atoms with van der Waals surface area (Å²) >= 11 is 0. The largest absolute Gasteiger partial charge is 0.498 e. The second-order valence-corrected chi connectivity index (χ2v) is 4.49. The third-order valence-electron chi connectivity index (χ3n) is 3.41. The van der Waals surface area contributed by atoms with Crippen molar-refractivity contribution in [2.45, 2.75) is 25.0 Å². The smallest absolute Gasteiger partial charge is 0.303 e. The number of carbonyl (C=O) groups is 2. The molecule has 2 heterocycles. The molecule has 3 aliphatic rings. The maximum atomic E-state index is 11.8. The van der Waals surface area contributed by atoms with Crippen LogP contribution in [0.3, 0.4) is 0 Å². The molecule has 5 nitrogen and oxygen atoms in total. The van der Waals surface area contributed by atoms with Crippen LogP contribution in [0.5, 0.6) is 0 Å². The summed E-state index contributed by atoms with van der Waals surface area (Å²) < 4.78 is 16.1. The van der Waals surface area contributed by atoms with Gasteiger partial charge < -0.3 is 14.2 Å². The van der Waals surface area contributed by atoms with Crippen LogP contribution in [0.15, 0.2) is 11.8 Å². The van der Waals surface area contributed by atoms with Crippen LogP contribution in [0.2, 0.25) is 0 Å². The van der Waals surface area contributed by atoms with Crippen LogP contribution < -0.4 is 0 Å². The highest BCUT2D eigenvalue weighted by Crippen LogP contribution is 2.49. The van der Waals surface area contributed by atoms with Crippen LogP contribution >= 0.6 is 0 Å². The highest BCUT2D eigenvalue weighted by atomic mass is 16.6. The summed E-state index contributed by atoms with van der Waals surface area (Å²) in [5.41, 5.74) is -0.168. The van der Waals surface area contributed by atoms with Crippen molar-refractivity contribution in [3.8, 4) is 0 Å². The van der Waals surface area contributed by atoms with Gasteiger partial charge in [-0.15, -0.1) is 0 Å². The van der Waals surface area contributed by atoms with Crippen molar-refractivity contribution in [1.82, 2.24) is 0 Å². The molecule has 0 amide bonds. The minimum atomic E-state index is -0.775. The van der Waals surface area contributed by atoms with Crippen LogP contribution in [0.1, 0.15) is 13.3 Å². The lowest BCUT2D eigenvalue weighted by Gasteiger charge is -2.29. The summed E-state index contributed by atoms with van der Waals surface area (Å²) in [4.78, 5) is 22.9. The fourth-order valence-corrected chi connectivity index (χ4v) is 2.90. The van der Waals surface area contributed by atoms with Crippen molar-refractivity contribution in [2.75, 3.05) is 13.2 Å². The monoisotopic (exact) mass is 224 g/mol. The Hall–Kier alpha value is -1.36. The minimum absolute atomic E-state index is 0.000694. The molecule has 16 heavy (non-hydrogen) atoms. The lowest BCUT2D eigenvalue weighted by Crippen LogP contribution is -2.41. The first-order chi connectivity index (χ1) is 7.62. The Morgan fingerprint density at radius 3 is 3.19 bits per heavy atom. The van der Waals surface area contributed by atoms with E-state index in [4.69, 9.17) is 14.2 Å². The molecule has 5 heteroatoms. The van der Waals surface area contributed by atoms with Gasteiger partial charge in [-0.1, -0.05) is 0 Å². The van der Waals surface area contributed by atoms with E-state index in [1.54, 1.807) is 0 Å². The fraction of sp³-hybridized carbons (Fsp3) is 0.636. The fourth-order valence-electron chi connectivity index (χ4n) is 2.90. The molecule has 0 spiro atoms. The lowest BCUT2D eigenvalue weighted by atomic mass is 9.87. The highest BCUT2D eigenvalue weighted by Gasteiger charge is 2.62. The third kappa shape index (κ3) is 1.15. The first-order valence-corrected chi connectivity index (χ1v) is 5.28. The Morgan fingerprint density at radius 1 is 1.62 bits per heavy atom. The Bertz CT molecular complexity index is 399. The van der Waals surface area contributed by atoms with Crippen molar-refractivity contribution in [3.63, 3.8) is 0 Å². The van der Waals surface area contributed by atoms with Gasteiger partial charge in [0.2, 0.25) is 0 Å². The van der Waals surface area contributed by atoms with Gasteiger partial charge in [-0.3, -0.25) is 9.59 Å². The Balaban J connectivity index is 2.01. The minimum Gasteiger partial charge on any atom is -0.498 e. The van der Waals surface area contributed by atoms with Gasteiger partial charge in [0.1, 0.15) is 12.7 Å². The summed E-state index contributed by atoms with van der Waals surface area (Å²) in [5, 5.41) is 0. The molecule has 0 radical (unpaired) electrons. The molecule has 0 N–H and O–H groups in total. The van der Waals surface area contributed by atoms with Gasteiger partial charge in [0.05, 0.1) is 25.2 Å². The zero-order valence-electron chi connectivity index (χ0n) is 8.89. The summed E-state index contributed by atoms with van der Waals surface area (Å²) in [6.07, 6.45) is 1.54. The zero-order chi connectivity index (χ0) is 11.3. The van der Waals surface area contributed by atoms with Crippen LogP contribution in [-0.4, -0.2) is 36.7 Å². The SMILES string of the molecule is CC(=O)O[C@@]12CO[C@H]3COC=C(C(=O)C1)[C@H]32. The molecule has 0 aromatic rings. The van der Waals surface area contributed by atoms with Crippen LogP contribution in [0.25, 0.3) is 0 Å². The molecule has 1 aliphatic carbocycles. The van der Waals surface area contributed by atoms with E-state index >= 15 is 0 Å². The van der Waals surface area contributed by atoms with Crippen molar-refractivity contribution in [2.24, 2.45) is 5.92 Å². The quantitative estimate of drug-likeness (QED) is 0.595. The molecule has 0 bridgehead atoms. The van der Waals surface area contributed by atoms with E-state index in [0.717, 1.165) is 0 Å². The van der Waals surface area contributed by atoms with Gasteiger partial charge >= 0.3 is 5.97 Å². The molecule has 1 saturated carbocycles. The normalized spacial score (nSPS) is 40.1. The van der Waals surface area contributed by atoms with Crippen LogP contribution in [0, 0.1) is 5.92 Å². The summed E-state index contributed by atoms with van der Waals surface area (Å²) in [6.45, 7) is 2.06. The molecule has 2 fully saturated rings. The Kier molecular flexibility index (Phi) is 1.89. The molecule has 0 aromatic carbocycles. The molecular formula is C11H12O5. The van der Waals surface area contributed by atoms with E-state index in [-0.39, 0.29) is 36.8 Å². The first kappa shape index (κ1) is 9.84. The van der Waals surface area contributed by atoms with Gasteiger partial charge in [-0.25, -0.2) is 0 Å². The van der Waals surface area contributed by atoms with Crippen molar-refractivity contribution in [3.05, 3.63) is 11.8 Å². The zero-order valence-corrected chi connectivity index (χ0v) is 8.89. The van der Waals surface area contributed by atoms with Gasteiger partial charge in [0, 0.05) is 12.5 Å². The molecule has 0 unspecified atom stereocenters. The van der Waals surface area contributed by atoms with Gasteiger partial charge in [-0.05, 0) is 0 Å². The number of hydrogen-bond donors (Lipinski definition) is 0. The number of rotatable bonds is 1. The topological polar surface area (TPSA) is 61.8 Å².